The lowest BCUT2D eigenvalue weighted by molar-refractivity contribution is 0.101. The first-order valence-corrected chi connectivity index (χ1v) is 4.17. The molecule has 66 valence electrons. The number of rotatable bonds is 2. The fraction of sp³-hybridized carbons (Fsp3) is 0.300. The van der Waals surface area contributed by atoms with E-state index < -0.39 is 0 Å². The topological polar surface area (TPSA) is 41.8 Å². The maximum absolute atomic E-state index is 11.0. The molecule has 0 atom stereocenters. The van der Waals surface area contributed by atoms with Crippen molar-refractivity contribution in [1.82, 2.24) is 0 Å². The molecule has 0 saturated heterocycles. The van der Waals surface area contributed by atoms with Crippen molar-refractivity contribution in [2.45, 2.75) is 19.5 Å². The van der Waals surface area contributed by atoms with Gasteiger partial charge < -0.3 is 0 Å². The van der Waals surface area contributed by atoms with Crippen LogP contribution in [0.1, 0.15) is 29.8 Å². The van der Waals surface area contributed by atoms with Crippen LogP contribution in [0.4, 0.5) is 0 Å². The molecule has 0 N–H and O–H groups in total. The molecule has 0 saturated carbocycles. The monoisotopic (exact) mass is 174 g/mol. The van der Waals surface area contributed by atoms with E-state index in [-0.39, 0.29) is 11.4 Å². The third-order valence-corrected chi connectivity index (χ3v) is 2.24. The molecule has 1 aliphatic rings. The number of hydrogen-bond acceptors (Lipinski definition) is 3. The van der Waals surface area contributed by atoms with Gasteiger partial charge in [-0.25, -0.2) is 0 Å². The van der Waals surface area contributed by atoms with Crippen molar-refractivity contribution in [1.29, 1.82) is 0 Å². The number of Topliss-reactive ketones (excluding diaryl/α,β-unsaturated/α-hetero) is 1. The highest BCUT2D eigenvalue weighted by atomic mass is 16.1. The van der Waals surface area contributed by atoms with Gasteiger partial charge in [0.05, 0.1) is 0 Å². The van der Waals surface area contributed by atoms with Crippen molar-refractivity contribution in [3.8, 4) is 0 Å². The summed E-state index contributed by atoms with van der Waals surface area (Å²) in [6, 6.07) is 7.42. The van der Waals surface area contributed by atoms with E-state index in [1.54, 1.807) is 6.92 Å². The van der Waals surface area contributed by atoms with Crippen LogP contribution in [-0.4, -0.2) is 5.78 Å². The lowest BCUT2D eigenvalue weighted by Gasteiger charge is -2.03. The summed E-state index contributed by atoms with van der Waals surface area (Å²) < 4.78 is 0. The minimum absolute atomic E-state index is 0.0846. The summed E-state index contributed by atoms with van der Waals surface area (Å²) in [7, 11) is 0. The Hall–Kier alpha value is -1.51. The highest BCUT2D eigenvalue weighted by Crippen LogP contribution is 2.38. The highest BCUT2D eigenvalue weighted by molar-refractivity contribution is 5.94. The second-order valence-electron chi connectivity index (χ2n) is 3.35. The second kappa shape index (κ2) is 2.49. The summed E-state index contributed by atoms with van der Waals surface area (Å²) >= 11 is 0. The third kappa shape index (κ3) is 1.37. The second-order valence-corrected chi connectivity index (χ2v) is 3.35. The van der Waals surface area contributed by atoms with Gasteiger partial charge in [0.1, 0.15) is 0 Å². The summed E-state index contributed by atoms with van der Waals surface area (Å²) in [6.45, 7) is 3.50. The Balaban J connectivity index is 2.29. The summed E-state index contributed by atoms with van der Waals surface area (Å²) in [5.74, 6) is 0.0846. The smallest absolute Gasteiger partial charge is 0.213 e. The SMILES string of the molecule is CC(=O)c1ccc(C2(C)N=N2)cc1. The predicted molar refractivity (Wildman–Crippen MR) is 48.7 cm³/mol. The molecule has 0 radical (unpaired) electrons. The van der Waals surface area contributed by atoms with Crippen LogP contribution in [0.5, 0.6) is 0 Å². The Morgan fingerprint density at radius 3 is 2.15 bits per heavy atom. The van der Waals surface area contributed by atoms with Crippen molar-refractivity contribution in [2.24, 2.45) is 10.2 Å². The van der Waals surface area contributed by atoms with Crippen LogP contribution < -0.4 is 0 Å². The Kier molecular flexibility index (Phi) is 1.55. The van der Waals surface area contributed by atoms with Crippen molar-refractivity contribution in [2.75, 3.05) is 0 Å². The molecule has 1 aromatic carbocycles. The molecule has 2 rings (SSSR count). The Labute approximate surface area is 76.5 Å². The zero-order chi connectivity index (χ0) is 9.47. The van der Waals surface area contributed by atoms with E-state index in [0.717, 1.165) is 11.1 Å². The van der Waals surface area contributed by atoms with E-state index in [4.69, 9.17) is 0 Å². The molecule has 0 bridgehead atoms. The average molecular weight is 174 g/mol. The number of carbonyl (C=O) groups excluding carboxylic acids is 1. The van der Waals surface area contributed by atoms with Gasteiger partial charge in [0.15, 0.2) is 5.78 Å². The summed E-state index contributed by atoms with van der Waals surface area (Å²) in [6.07, 6.45) is 0. The molecular weight excluding hydrogens is 164 g/mol. The normalized spacial score (nSPS) is 17.1. The third-order valence-electron chi connectivity index (χ3n) is 2.24. The number of nitrogens with zero attached hydrogens (tertiary/aromatic N) is 2. The van der Waals surface area contributed by atoms with E-state index in [9.17, 15) is 4.79 Å². The van der Waals surface area contributed by atoms with Crippen molar-refractivity contribution in [3.05, 3.63) is 35.4 Å². The molecule has 0 aromatic heterocycles. The minimum atomic E-state index is -0.338. The number of ketones is 1. The van der Waals surface area contributed by atoms with Gasteiger partial charge in [-0.05, 0) is 13.8 Å². The number of carbonyl (C=O) groups is 1. The van der Waals surface area contributed by atoms with Crippen LogP contribution in [0.15, 0.2) is 34.5 Å². The van der Waals surface area contributed by atoms with Crippen LogP contribution in [0.25, 0.3) is 0 Å². The van der Waals surface area contributed by atoms with Gasteiger partial charge in [-0.1, -0.05) is 24.3 Å². The molecule has 13 heavy (non-hydrogen) atoms. The van der Waals surface area contributed by atoms with E-state index >= 15 is 0 Å². The molecule has 0 spiro atoms. The van der Waals surface area contributed by atoms with Crippen LogP contribution in [0.3, 0.4) is 0 Å². The largest absolute Gasteiger partial charge is 0.295 e. The predicted octanol–water partition coefficient (Wildman–Crippen LogP) is 2.53. The molecule has 0 fully saturated rings. The summed E-state index contributed by atoms with van der Waals surface area (Å²) in [5.41, 5.74) is 1.43. The summed E-state index contributed by atoms with van der Waals surface area (Å²) in [5, 5.41) is 7.84. The van der Waals surface area contributed by atoms with E-state index in [2.05, 4.69) is 10.2 Å². The first-order valence-electron chi connectivity index (χ1n) is 4.17. The van der Waals surface area contributed by atoms with Crippen molar-refractivity contribution >= 4 is 5.78 Å². The van der Waals surface area contributed by atoms with Gasteiger partial charge in [-0.2, -0.15) is 10.2 Å². The Bertz CT molecular complexity index is 372. The van der Waals surface area contributed by atoms with Gasteiger partial charge in [-0.15, -0.1) is 0 Å². The van der Waals surface area contributed by atoms with E-state index in [1.165, 1.54) is 0 Å². The van der Waals surface area contributed by atoms with Gasteiger partial charge in [0, 0.05) is 11.1 Å². The fourth-order valence-electron chi connectivity index (χ4n) is 1.21. The quantitative estimate of drug-likeness (QED) is 0.635. The minimum Gasteiger partial charge on any atom is -0.295 e. The lowest BCUT2D eigenvalue weighted by Crippen LogP contribution is -2.02. The molecular formula is C10H10N2O. The molecule has 0 aliphatic carbocycles. The van der Waals surface area contributed by atoms with Gasteiger partial charge >= 0.3 is 0 Å². The first-order chi connectivity index (χ1) is 6.12. The molecule has 1 aliphatic heterocycles. The van der Waals surface area contributed by atoms with Crippen LogP contribution in [-0.2, 0) is 5.66 Å². The fourth-order valence-corrected chi connectivity index (χ4v) is 1.21. The number of hydrogen-bond donors (Lipinski definition) is 0. The average Bonchev–Trinajstić information content (AvgIpc) is 2.85. The van der Waals surface area contributed by atoms with Gasteiger partial charge in [0.2, 0.25) is 5.66 Å². The zero-order valence-corrected chi connectivity index (χ0v) is 7.61. The molecule has 3 nitrogen and oxygen atoms in total. The molecule has 0 unspecified atom stereocenters. The van der Waals surface area contributed by atoms with Crippen LogP contribution in [0.2, 0.25) is 0 Å². The molecule has 0 amide bonds. The zero-order valence-electron chi connectivity index (χ0n) is 7.61. The first kappa shape index (κ1) is 8.10. The van der Waals surface area contributed by atoms with Crippen molar-refractivity contribution < 1.29 is 4.79 Å². The number of benzene rings is 1. The highest BCUT2D eigenvalue weighted by Gasteiger charge is 2.35. The van der Waals surface area contributed by atoms with E-state index in [0.29, 0.717) is 0 Å². The molecule has 1 aromatic rings. The van der Waals surface area contributed by atoms with Crippen LogP contribution in [0, 0.1) is 0 Å². The maximum Gasteiger partial charge on any atom is 0.213 e. The van der Waals surface area contributed by atoms with E-state index in [1.807, 2.05) is 31.2 Å². The standard InChI is InChI=1S/C10H10N2O/c1-7(13)8-3-5-9(6-4-8)10(2)11-12-10/h3-6H,1-2H3. The summed E-state index contributed by atoms with van der Waals surface area (Å²) in [4.78, 5) is 11.0. The Morgan fingerprint density at radius 2 is 1.77 bits per heavy atom. The lowest BCUT2D eigenvalue weighted by atomic mass is 10.0. The van der Waals surface area contributed by atoms with Crippen LogP contribution >= 0.6 is 0 Å². The maximum atomic E-state index is 11.0. The molecule has 1 heterocycles. The van der Waals surface area contributed by atoms with Gasteiger partial charge in [-0.3, -0.25) is 4.79 Å². The Morgan fingerprint density at radius 1 is 1.23 bits per heavy atom. The van der Waals surface area contributed by atoms with Crippen molar-refractivity contribution in [3.63, 3.8) is 0 Å². The van der Waals surface area contributed by atoms with Gasteiger partial charge in [0.25, 0.3) is 0 Å². The molecule has 3 heteroatoms.